The molecule has 0 amide bonds. The molecule has 0 heterocycles. The molecule has 0 spiro atoms. The van der Waals surface area contributed by atoms with Gasteiger partial charge in [0.25, 0.3) is 0 Å². The first-order chi connectivity index (χ1) is 8.32. The SMILES string of the molecule is Cc1ccc(C(=O)CN(C)C(C)C(C)C)cc1C. The van der Waals surface area contributed by atoms with Gasteiger partial charge in [0.15, 0.2) is 5.78 Å². The molecule has 0 bridgehead atoms. The summed E-state index contributed by atoms with van der Waals surface area (Å²) in [6.07, 6.45) is 0. The molecule has 1 aromatic rings. The van der Waals surface area contributed by atoms with Gasteiger partial charge in [-0.3, -0.25) is 9.69 Å². The van der Waals surface area contributed by atoms with E-state index in [1.165, 1.54) is 11.1 Å². The summed E-state index contributed by atoms with van der Waals surface area (Å²) in [6, 6.07) is 6.36. The summed E-state index contributed by atoms with van der Waals surface area (Å²) >= 11 is 0. The van der Waals surface area contributed by atoms with Gasteiger partial charge in [-0.15, -0.1) is 0 Å². The molecule has 1 aromatic carbocycles. The molecule has 1 atom stereocenters. The first-order valence-electron chi connectivity index (χ1n) is 6.63. The maximum absolute atomic E-state index is 12.2. The molecule has 2 heteroatoms. The fourth-order valence-electron chi connectivity index (χ4n) is 1.89. The van der Waals surface area contributed by atoms with Crippen LogP contribution in [0.1, 0.15) is 42.3 Å². The number of carbonyl (C=O) groups is 1. The molecular formula is C16H25NO. The third-order valence-electron chi connectivity index (χ3n) is 3.88. The van der Waals surface area contributed by atoms with Gasteiger partial charge in [-0.2, -0.15) is 0 Å². The lowest BCUT2D eigenvalue weighted by atomic mass is 10.0. The van der Waals surface area contributed by atoms with Crippen LogP contribution in [0.25, 0.3) is 0 Å². The van der Waals surface area contributed by atoms with Crippen molar-refractivity contribution in [3.05, 3.63) is 34.9 Å². The van der Waals surface area contributed by atoms with Crippen LogP contribution in [0, 0.1) is 19.8 Å². The average molecular weight is 247 g/mol. The van der Waals surface area contributed by atoms with E-state index in [2.05, 4.69) is 32.6 Å². The Morgan fingerprint density at radius 3 is 2.28 bits per heavy atom. The molecule has 0 N–H and O–H groups in total. The molecule has 2 nitrogen and oxygen atoms in total. The van der Waals surface area contributed by atoms with Gasteiger partial charge in [0.05, 0.1) is 6.54 Å². The van der Waals surface area contributed by atoms with E-state index in [0.717, 1.165) is 5.56 Å². The Morgan fingerprint density at radius 2 is 1.78 bits per heavy atom. The fourth-order valence-corrected chi connectivity index (χ4v) is 1.89. The Kier molecular flexibility index (Phi) is 5.09. The van der Waals surface area contributed by atoms with Crippen LogP contribution in [0.3, 0.4) is 0 Å². The lowest BCUT2D eigenvalue weighted by Gasteiger charge is -2.27. The monoisotopic (exact) mass is 247 g/mol. The maximum atomic E-state index is 12.2. The quantitative estimate of drug-likeness (QED) is 0.743. The van der Waals surface area contributed by atoms with E-state index in [1.54, 1.807) is 0 Å². The van der Waals surface area contributed by atoms with Crippen LogP contribution in [-0.2, 0) is 0 Å². The van der Waals surface area contributed by atoms with E-state index >= 15 is 0 Å². The number of aryl methyl sites for hydroxylation is 2. The highest BCUT2D eigenvalue weighted by atomic mass is 16.1. The highest BCUT2D eigenvalue weighted by molar-refractivity contribution is 5.97. The predicted octanol–water partition coefficient (Wildman–Crippen LogP) is 3.46. The molecule has 0 aromatic heterocycles. The standard InChI is InChI=1S/C16H25NO/c1-11(2)14(5)17(6)10-16(18)15-8-7-12(3)13(4)9-15/h7-9,11,14H,10H2,1-6H3. The summed E-state index contributed by atoms with van der Waals surface area (Å²) in [7, 11) is 2.02. The van der Waals surface area contributed by atoms with Crippen molar-refractivity contribution in [2.45, 2.75) is 40.7 Å². The topological polar surface area (TPSA) is 20.3 Å². The molecule has 0 aliphatic carbocycles. The fraction of sp³-hybridized carbons (Fsp3) is 0.562. The van der Waals surface area contributed by atoms with Gasteiger partial charge in [-0.05, 0) is 50.9 Å². The minimum atomic E-state index is 0.202. The van der Waals surface area contributed by atoms with Crippen LogP contribution in [0.15, 0.2) is 18.2 Å². The number of nitrogens with zero attached hydrogens (tertiary/aromatic N) is 1. The molecule has 0 aliphatic heterocycles. The van der Waals surface area contributed by atoms with Gasteiger partial charge in [0.2, 0.25) is 0 Å². The van der Waals surface area contributed by atoms with Crippen molar-refractivity contribution in [3.63, 3.8) is 0 Å². The van der Waals surface area contributed by atoms with E-state index in [9.17, 15) is 4.79 Å². The number of hydrogen-bond donors (Lipinski definition) is 0. The van der Waals surface area contributed by atoms with Gasteiger partial charge in [-0.1, -0.05) is 26.0 Å². The molecule has 0 saturated carbocycles. The van der Waals surface area contributed by atoms with Crippen molar-refractivity contribution in [1.82, 2.24) is 4.90 Å². The highest BCUT2D eigenvalue weighted by Gasteiger charge is 2.17. The summed E-state index contributed by atoms with van der Waals surface area (Å²) in [5.41, 5.74) is 3.23. The van der Waals surface area contributed by atoms with E-state index in [1.807, 2.05) is 32.2 Å². The van der Waals surface area contributed by atoms with Crippen molar-refractivity contribution in [2.75, 3.05) is 13.6 Å². The summed E-state index contributed by atoms with van der Waals surface area (Å²) in [6.45, 7) is 11.1. The minimum absolute atomic E-state index is 0.202. The van der Waals surface area contributed by atoms with Gasteiger partial charge in [-0.25, -0.2) is 0 Å². The number of benzene rings is 1. The van der Waals surface area contributed by atoms with E-state index < -0.39 is 0 Å². The Morgan fingerprint density at radius 1 is 1.17 bits per heavy atom. The second kappa shape index (κ2) is 6.14. The molecule has 0 aliphatic rings. The number of likely N-dealkylation sites (N-methyl/N-ethyl adjacent to an activating group) is 1. The molecular weight excluding hydrogens is 222 g/mol. The maximum Gasteiger partial charge on any atom is 0.176 e. The van der Waals surface area contributed by atoms with Crippen molar-refractivity contribution < 1.29 is 4.79 Å². The summed E-state index contributed by atoms with van der Waals surface area (Å²) in [5.74, 6) is 0.760. The van der Waals surface area contributed by atoms with Crippen molar-refractivity contribution in [1.29, 1.82) is 0 Å². The summed E-state index contributed by atoms with van der Waals surface area (Å²) in [5, 5.41) is 0. The highest BCUT2D eigenvalue weighted by Crippen LogP contribution is 2.13. The van der Waals surface area contributed by atoms with Crippen molar-refractivity contribution in [2.24, 2.45) is 5.92 Å². The van der Waals surface area contributed by atoms with E-state index in [-0.39, 0.29) is 5.78 Å². The Hall–Kier alpha value is -1.15. The van der Waals surface area contributed by atoms with Gasteiger partial charge in [0, 0.05) is 11.6 Å². The molecule has 0 saturated heterocycles. The van der Waals surface area contributed by atoms with Crippen LogP contribution < -0.4 is 0 Å². The van der Waals surface area contributed by atoms with Gasteiger partial charge < -0.3 is 0 Å². The largest absolute Gasteiger partial charge is 0.296 e. The second-order valence-electron chi connectivity index (χ2n) is 5.62. The second-order valence-corrected chi connectivity index (χ2v) is 5.62. The van der Waals surface area contributed by atoms with Crippen LogP contribution in [0.2, 0.25) is 0 Å². The number of rotatable bonds is 5. The molecule has 1 unspecified atom stereocenters. The van der Waals surface area contributed by atoms with Crippen LogP contribution in [-0.4, -0.2) is 30.3 Å². The third-order valence-corrected chi connectivity index (χ3v) is 3.88. The molecule has 100 valence electrons. The number of Topliss-reactive ketones (excluding diaryl/α,β-unsaturated/α-hetero) is 1. The Labute approximate surface area is 111 Å². The smallest absolute Gasteiger partial charge is 0.176 e. The number of carbonyl (C=O) groups excluding carboxylic acids is 1. The lowest BCUT2D eigenvalue weighted by Crippen LogP contribution is -2.37. The molecule has 0 fully saturated rings. The summed E-state index contributed by atoms with van der Waals surface area (Å²) < 4.78 is 0. The summed E-state index contributed by atoms with van der Waals surface area (Å²) in [4.78, 5) is 14.3. The lowest BCUT2D eigenvalue weighted by molar-refractivity contribution is 0.0906. The Bertz CT molecular complexity index is 423. The Balaban J connectivity index is 2.73. The molecule has 0 radical (unpaired) electrons. The zero-order valence-corrected chi connectivity index (χ0v) is 12.4. The average Bonchev–Trinajstić information content (AvgIpc) is 2.31. The normalized spacial score (nSPS) is 13.1. The molecule has 1 rings (SSSR count). The van der Waals surface area contributed by atoms with Crippen LogP contribution >= 0.6 is 0 Å². The van der Waals surface area contributed by atoms with Gasteiger partial charge in [0.1, 0.15) is 0 Å². The zero-order valence-electron chi connectivity index (χ0n) is 12.4. The van der Waals surface area contributed by atoms with E-state index in [0.29, 0.717) is 18.5 Å². The predicted molar refractivity (Wildman–Crippen MR) is 77.2 cm³/mol. The third kappa shape index (κ3) is 3.67. The zero-order chi connectivity index (χ0) is 13.9. The van der Waals surface area contributed by atoms with Crippen molar-refractivity contribution in [3.8, 4) is 0 Å². The van der Waals surface area contributed by atoms with E-state index in [4.69, 9.17) is 0 Å². The first kappa shape index (κ1) is 14.9. The van der Waals surface area contributed by atoms with Crippen molar-refractivity contribution >= 4 is 5.78 Å². The number of hydrogen-bond acceptors (Lipinski definition) is 2. The molecule has 18 heavy (non-hydrogen) atoms. The van der Waals surface area contributed by atoms with Gasteiger partial charge >= 0.3 is 0 Å². The minimum Gasteiger partial charge on any atom is -0.296 e. The number of ketones is 1. The first-order valence-corrected chi connectivity index (χ1v) is 6.63. The van der Waals surface area contributed by atoms with Crippen LogP contribution in [0.4, 0.5) is 0 Å². The van der Waals surface area contributed by atoms with Crippen LogP contribution in [0.5, 0.6) is 0 Å².